The van der Waals surface area contributed by atoms with Gasteiger partial charge in [0.25, 0.3) is 5.92 Å². The zero-order chi connectivity index (χ0) is 11.6. The number of halogens is 2. The number of hydrogen-bond acceptors (Lipinski definition) is 2. The van der Waals surface area contributed by atoms with Gasteiger partial charge in [0.05, 0.1) is 12.2 Å². The second kappa shape index (κ2) is 4.37. The molecule has 0 aromatic heterocycles. The summed E-state index contributed by atoms with van der Waals surface area (Å²) in [4.78, 5) is 1.61. The van der Waals surface area contributed by atoms with Crippen LogP contribution in [0.2, 0.25) is 0 Å². The highest BCUT2D eigenvalue weighted by molar-refractivity contribution is 5.11. The molecule has 1 rings (SSSR count). The fraction of sp³-hybridized carbons (Fsp3) is 0.818. The molecule has 4 heteroatoms. The van der Waals surface area contributed by atoms with E-state index in [9.17, 15) is 8.78 Å². The molecule has 0 fully saturated rings. The van der Waals surface area contributed by atoms with Crippen LogP contribution in [0.25, 0.3) is 0 Å². The van der Waals surface area contributed by atoms with E-state index in [2.05, 4.69) is 0 Å². The van der Waals surface area contributed by atoms with Gasteiger partial charge in [-0.2, -0.15) is 0 Å². The van der Waals surface area contributed by atoms with Crippen molar-refractivity contribution in [2.24, 2.45) is 5.92 Å². The van der Waals surface area contributed by atoms with E-state index >= 15 is 0 Å². The molecule has 0 aliphatic carbocycles. The Bertz CT molecular complexity index is 261. The molecule has 0 aromatic rings. The third-order valence-electron chi connectivity index (χ3n) is 2.51. The topological polar surface area (TPSA) is 12.5 Å². The predicted octanol–water partition coefficient (Wildman–Crippen LogP) is 2.86. The highest BCUT2D eigenvalue weighted by Crippen LogP contribution is 2.29. The lowest BCUT2D eigenvalue weighted by Crippen LogP contribution is -2.34. The third kappa shape index (κ3) is 2.83. The summed E-state index contributed by atoms with van der Waals surface area (Å²) in [6.45, 7) is 5.12. The Balaban J connectivity index is 2.98. The minimum Gasteiger partial charge on any atom is -0.489 e. The van der Waals surface area contributed by atoms with Gasteiger partial charge in [0, 0.05) is 13.0 Å². The lowest BCUT2D eigenvalue weighted by molar-refractivity contribution is -0.0648. The average Bonchev–Trinajstić information content (AvgIpc) is 2.20. The van der Waals surface area contributed by atoms with Crippen LogP contribution in [0.3, 0.4) is 0 Å². The van der Waals surface area contributed by atoms with Crippen molar-refractivity contribution in [2.45, 2.75) is 33.1 Å². The Labute approximate surface area is 89.9 Å². The van der Waals surface area contributed by atoms with Crippen LogP contribution >= 0.6 is 0 Å². The molecule has 0 unspecified atom stereocenters. The van der Waals surface area contributed by atoms with Gasteiger partial charge in [-0.05, 0) is 6.42 Å². The highest BCUT2D eigenvalue weighted by Gasteiger charge is 2.36. The molecule has 2 nitrogen and oxygen atoms in total. The number of ether oxygens (including phenoxy) is 1. The van der Waals surface area contributed by atoms with Crippen LogP contribution in [-0.2, 0) is 4.74 Å². The van der Waals surface area contributed by atoms with E-state index in [1.165, 1.54) is 0 Å². The first-order valence-electron chi connectivity index (χ1n) is 5.32. The number of alkyl halides is 2. The predicted molar refractivity (Wildman–Crippen MR) is 55.7 cm³/mol. The Morgan fingerprint density at radius 2 is 2.07 bits per heavy atom. The summed E-state index contributed by atoms with van der Waals surface area (Å²) < 4.78 is 31.8. The Hall–Kier alpha value is -0.800. The van der Waals surface area contributed by atoms with Gasteiger partial charge in [-0.3, -0.25) is 0 Å². The lowest BCUT2D eigenvalue weighted by atomic mass is 10.1. The fourth-order valence-corrected chi connectivity index (χ4v) is 1.89. The molecule has 88 valence electrons. The minimum atomic E-state index is -2.76. The molecule has 0 amide bonds. The number of rotatable bonds is 2. The van der Waals surface area contributed by atoms with E-state index in [0.717, 1.165) is 12.1 Å². The molecule has 1 aliphatic rings. The van der Waals surface area contributed by atoms with Crippen LogP contribution in [-0.4, -0.2) is 31.0 Å². The van der Waals surface area contributed by atoms with Gasteiger partial charge >= 0.3 is 0 Å². The molecule has 1 aliphatic heterocycles. The van der Waals surface area contributed by atoms with Crippen molar-refractivity contribution in [3.8, 4) is 0 Å². The number of nitrogens with zero attached hydrogens (tertiary/aromatic N) is 1. The van der Waals surface area contributed by atoms with E-state index in [0.29, 0.717) is 5.76 Å². The summed E-state index contributed by atoms with van der Waals surface area (Å²) in [5.41, 5.74) is 0.891. The van der Waals surface area contributed by atoms with Crippen LogP contribution in [0.15, 0.2) is 11.5 Å². The first-order valence-corrected chi connectivity index (χ1v) is 5.32. The van der Waals surface area contributed by atoms with Crippen LogP contribution in [0.1, 0.15) is 27.2 Å². The molecular weight excluding hydrogens is 200 g/mol. The molecule has 0 radical (unpaired) electrons. The normalized spacial score (nSPS) is 21.7. The monoisotopic (exact) mass is 219 g/mol. The summed E-state index contributed by atoms with van der Waals surface area (Å²) in [7, 11) is 1.70. The Morgan fingerprint density at radius 1 is 1.47 bits per heavy atom. The van der Waals surface area contributed by atoms with Crippen molar-refractivity contribution in [3.05, 3.63) is 11.5 Å². The maximum Gasteiger partial charge on any atom is 0.298 e. The molecule has 1 heterocycles. The second-order valence-electron chi connectivity index (χ2n) is 4.32. The Morgan fingerprint density at radius 3 is 2.53 bits per heavy atom. The highest BCUT2D eigenvalue weighted by atomic mass is 19.3. The van der Waals surface area contributed by atoms with Gasteiger partial charge in [0.2, 0.25) is 0 Å². The maximum absolute atomic E-state index is 13.3. The summed E-state index contributed by atoms with van der Waals surface area (Å²) in [6, 6.07) is 0. The van der Waals surface area contributed by atoms with Crippen molar-refractivity contribution in [2.75, 3.05) is 20.2 Å². The van der Waals surface area contributed by atoms with Crippen LogP contribution < -0.4 is 0 Å². The molecule has 0 bridgehead atoms. The molecule has 0 saturated carbocycles. The second-order valence-corrected chi connectivity index (χ2v) is 4.32. The summed E-state index contributed by atoms with van der Waals surface area (Å²) in [6.07, 6.45) is 0.722. The smallest absolute Gasteiger partial charge is 0.298 e. The van der Waals surface area contributed by atoms with E-state index in [4.69, 9.17) is 4.74 Å². The van der Waals surface area contributed by atoms with E-state index in [1.54, 1.807) is 11.9 Å². The molecule has 0 saturated heterocycles. The molecule has 15 heavy (non-hydrogen) atoms. The van der Waals surface area contributed by atoms with E-state index < -0.39 is 12.5 Å². The van der Waals surface area contributed by atoms with Gasteiger partial charge in [0.1, 0.15) is 5.76 Å². The first kappa shape index (κ1) is 12.3. The largest absolute Gasteiger partial charge is 0.489 e. The fourth-order valence-electron chi connectivity index (χ4n) is 1.89. The molecular formula is C11H19F2NO. The number of allylic oxidation sites excluding steroid dienone is 2. The van der Waals surface area contributed by atoms with Crippen molar-refractivity contribution < 1.29 is 13.5 Å². The molecule has 0 aromatic carbocycles. The third-order valence-corrected chi connectivity index (χ3v) is 2.51. The van der Waals surface area contributed by atoms with Crippen LogP contribution in [0, 0.1) is 5.92 Å². The van der Waals surface area contributed by atoms with Crippen LogP contribution in [0.5, 0.6) is 0 Å². The van der Waals surface area contributed by atoms with Crippen molar-refractivity contribution in [1.82, 2.24) is 4.90 Å². The summed E-state index contributed by atoms with van der Waals surface area (Å²) >= 11 is 0. The van der Waals surface area contributed by atoms with E-state index in [1.807, 2.05) is 20.8 Å². The molecule has 0 atom stereocenters. The SMILES string of the molecule is CCC1=C(C(C)C)OCC(F)(F)CN1C. The van der Waals surface area contributed by atoms with E-state index in [-0.39, 0.29) is 12.5 Å². The zero-order valence-electron chi connectivity index (χ0n) is 9.81. The maximum atomic E-state index is 13.3. The molecule has 0 N–H and O–H groups in total. The van der Waals surface area contributed by atoms with Crippen molar-refractivity contribution in [3.63, 3.8) is 0 Å². The number of hydrogen-bond donors (Lipinski definition) is 0. The van der Waals surface area contributed by atoms with Gasteiger partial charge in [0.15, 0.2) is 6.61 Å². The summed E-state index contributed by atoms with van der Waals surface area (Å²) in [5, 5.41) is 0. The lowest BCUT2D eigenvalue weighted by Gasteiger charge is -2.23. The molecule has 0 spiro atoms. The van der Waals surface area contributed by atoms with Crippen LogP contribution in [0.4, 0.5) is 8.78 Å². The van der Waals surface area contributed by atoms with Crippen molar-refractivity contribution >= 4 is 0 Å². The first-order chi connectivity index (χ1) is 6.87. The quantitative estimate of drug-likeness (QED) is 0.708. The summed E-state index contributed by atoms with van der Waals surface area (Å²) in [5.74, 6) is -1.90. The Kier molecular flexibility index (Phi) is 3.58. The van der Waals surface area contributed by atoms with Gasteiger partial charge in [-0.25, -0.2) is 8.78 Å². The van der Waals surface area contributed by atoms with Gasteiger partial charge in [-0.15, -0.1) is 0 Å². The average molecular weight is 219 g/mol. The minimum absolute atomic E-state index is 0.149. The van der Waals surface area contributed by atoms with Gasteiger partial charge in [-0.1, -0.05) is 20.8 Å². The zero-order valence-corrected chi connectivity index (χ0v) is 9.81. The standard InChI is InChI=1S/C11H19F2NO/c1-5-9-10(8(2)3)15-7-11(12,13)6-14(9)4/h8H,5-7H2,1-4H3. The van der Waals surface area contributed by atoms with Crippen molar-refractivity contribution in [1.29, 1.82) is 0 Å². The van der Waals surface area contributed by atoms with Gasteiger partial charge < -0.3 is 9.64 Å².